The van der Waals surface area contributed by atoms with Crippen LogP contribution in [0.5, 0.6) is 0 Å². The monoisotopic (exact) mass is 269 g/mol. The van der Waals surface area contributed by atoms with Crippen molar-refractivity contribution in [3.05, 3.63) is 0 Å². The van der Waals surface area contributed by atoms with Gasteiger partial charge < -0.3 is 15.1 Å². The fourth-order valence-corrected chi connectivity index (χ4v) is 2.63. The molecule has 0 aromatic rings. The van der Waals surface area contributed by atoms with Crippen LogP contribution >= 0.6 is 0 Å². The van der Waals surface area contributed by atoms with Gasteiger partial charge >= 0.3 is 0 Å². The molecule has 1 rings (SSSR count). The number of likely N-dealkylation sites (N-methyl/N-ethyl adjacent to an activating group) is 1. The van der Waals surface area contributed by atoms with Crippen LogP contribution in [-0.4, -0.2) is 61.5 Å². The van der Waals surface area contributed by atoms with Crippen molar-refractivity contribution >= 4 is 5.91 Å². The van der Waals surface area contributed by atoms with Gasteiger partial charge in [0.15, 0.2) is 0 Å². The largest absolute Gasteiger partial charge is 0.342 e. The first-order valence-electron chi connectivity index (χ1n) is 7.62. The van der Waals surface area contributed by atoms with E-state index in [9.17, 15) is 4.79 Å². The lowest BCUT2D eigenvalue weighted by atomic mass is 9.80. The highest BCUT2D eigenvalue weighted by molar-refractivity contribution is 5.81. The summed E-state index contributed by atoms with van der Waals surface area (Å²) in [6.07, 6.45) is 2.42. The van der Waals surface area contributed by atoms with E-state index in [-0.39, 0.29) is 11.9 Å². The Hall–Kier alpha value is -0.610. The SMILES string of the molecule is CCN(CC)C(=O)C(C)NCC1(C)CCN(C)CC1. The summed E-state index contributed by atoms with van der Waals surface area (Å²) in [5.41, 5.74) is 0.338. The minimum Gasteiger partial charge on any atom is -0.342 e. The summed E-state index contributed by atoms with van der Waals surface area (Å²) in [6.45, 7) is 13.2. The Bertz CT molecular complexity index is 281. The van der Waals surface area contributed by atoms with Crippen LogP contribution in [-0.2, 0) is 4.79 Å². The van der Waals surface area contributed by atoms with Crippen molar-refractivity contribution in [3.8, 4) is 0 Å². The lowest BCUT2D eigenvalue weighted by Crippen LogP contribution is -2.49. The molecule has 1 aliphatic heterocycles. The molecular weight excluding hydrogens is 238 g/mol. The van der Waals surface area contributed by atoms with Gasteiger partial charge in [-0.15, -0.1) is 0 Å². The van der Waals surface area contributed by atoms with Crippen LogP contribution in [0.2, 0.25) is 0 Å². The second-order valence-corrected chi connectivity index (χ2v) is 6.23. The number of hydrogen-bond acceptors (Lipinski definition) is 3. The number of nitrogens with one attached hydrogen (secondary N) is 1. The summed E-state index contributed by atoms with van der Waals surface area (Å²) in [4.78, 5) is 16.5. The van der Waals surface area contributed by atoms with Crippen molar-refractivity contribution in [1.82, 2.24) is 15.1 Å². The van der Waals surface area contributed by atoms with E-state index in [0.29, 0.717) is 5.41 Å². The number of nitrogens with zero attached hydrogens (tertiary/aromatic N) is 2. The van der Waals surface area contributed by atoms with Gasteiger partial charge in [-0.25, -0.2) is 0 Å². The predicted octanol–water partition coefficient (Wildman–Crippen LogP) is 1.56. The highest BCUT2D eigenvalue weighted by Gasteiger charge is 2.30. The van der Waals surface area contributed by atoms with Crippen LogP contribution in [0.4, 0.5) is 0 Å². The molecule has 0 saturated carbocycles. The van der Waals surface area contributed by atoms with Gasteiger partial charge in [-0.1, -0.05) is 6.92 Å². The number of rotatable bonds is 6. The molecule has 19 heavy (non-hydrogen) atoms. The molecule has 1 aliphatic rings. The van der Waals surface area contributed by atoms with Gasteiger partial charge in [-0.05, 0) is 59.2 Å². The van der Waals surface area contributed by atoms with E-state index in [1.807, 2.05) is 25.7 Å². The molecular formula is C15H31N3O. The van der Waals surface area contributed by atoms with E-state index in [1.54, 1.807) is 0 Å². The Kier molecular flexibility index (Phi) is 6.27. The van der Waals surface area contributed by atoms with Gasteiger partial charge in [0.05, 0.1) is 6.04 Å². The molecule has 1 atom stereocenters. The standard InChI is InChI=1S/C15H31N3O/c1-6-18(7-2)14(19)13(3)16-12-15(4)8-10-17(5)11-9-15/h13,16H,6-12H2,1-5H3. The summed E-state index contributed by atoms with van der Waals surface area (Å²) >= 11 is 0. The first-order chi connectivity index (χ1) is 8.91. The van der Waals surface area contributed by atoms with Crippen molar-refractivity contribution in [2.45, 2.75) is 46.6 Å². The number of hydrogen-bond donors (Lipinski definition) is 1. The Labute approximate surface area is 118 Å². The third kappa shape index (κ3) is 4.77. The summed E-state index contributed by atoms with van der Waals surface area (Å²) in [6, 6.07) is -0.0728. The molecule has 1 heterocycles. The van der Waals surface area contributed by atoms with E-state index in [2.05, 4.69) is 24.2 Å². The molecule has 1 unspecified atom stereocenters. The third-order valence-electron chi connectivity index (χ3n) is 4.47. The second kappa shape index (κ2) is 7.25. The zero-order valence-corrected chi connectivity index (χ0v) is 13.3. The highest BCUT2D eigenvalue weighted by Crippen LogP contribution is 2.29. The summed E-state index contributed by atoms with van der Waals surface area (Å²) < 4.78 is 0. The van der Waals surface area contributed by atoms with Gasteiger partial charge in [-0.2, -0.15) is 0 Å². The van der Waals surface area contributed by atoms with Gasteiger partial charge in [-0.3, -0.25) is 4.79 Å². The zero-order chi connectivity index (χ0) is 14.5. The molecule has 0 aromatic carbocycles. The molecule has 0 radical (unpaired) electrons. The number of amides is 1. The van der Waals surface area contributed by atoms with Crippen molar-refractivity contribution < 1.29 is 4.79 Å². The average molecular weight is 269 g/mol. The summed E-state index contributed by atoms with van der Waals surface area (Å²) in [5, 5.41) is 3.45. The maximum Gasteiger partial charge on any atom is 0.239 e. The Morgan fingerprint density at radius 2 is 1.84 bits per heavy atom. The lowest BCUT2D eigenvalue weighted by Gasteiger charge is -2.39. The van der Waals surface area contributed by atoms with E-state index in [4.69, 9.17) is 0 Å². The Morgan fingerprint density at radius 3 is 2.32 bits per heavy atom. The highest BCUT2D eigenvalue weighted by atomic mass is 16.2. The number of carbonyl (C=O) groups is 1. The first-order valence-corrected chi connectivity index (χ1v) is 7.62. The molecule has 4 nitrogen and oxygen atoms in total. The fraction of sp³-hybridized carbons (Fsp3) is 0.933. The van der Waals surface area contributed by atoms with Crippen molar-refractivity contribution in [2.24, 2.45) is 5.41 Å². The molecule has 1 fully saturated rings. The number of piperidine rings is 1. The van der Waals surface area contributed by atoms with Crippen molar-refractivity contribution in [2.75, 3.05) is 39.8 Å². The van der Waals surface area contributed by atoms with Crippen LogP contribution in [0.15, 0.2) is 0 Å². The zero-order valence-electron chi connectivity index (χ0n) is 13.3. The smallest absolute Gasteiger partial charge is 0.239 e. The molecule has 1 N–H and O–H groups in total. The van der Waals surface area contributed by atoms with Crippen molar-refractivity contribution in [3.63, 3.8) is 0 Å². The topological polar surface area (TPSA) is 35.6 Å². The molecule has 0 aromatic heterocycles. The molecule has 112 valence electrons. The first kappa shape index (κ1) is 16.4. The molecule has 0 aliphatic carbocycles. The van der Waals surface area contributed by atoms with E-state index in [1.165, 1.54) is 12.8 Å². The Balaban J connectivity index is 2.41. The molecule has 1 saturated heterocycles. The van der Waals surface area contributed by atoms with E-state index < -0.39 is 0 Å². The van der Waals surface area contributed by atoms with Crippen LogP contribution in [0.25, 0.3) is 0 Å². The van der Waals surface area contributed by atoms with Crippen LogP contribution in [0.3, 0.4) is 0 Å². The molecule has 0 spiro atoms. The molecule has 0 bridgehead atoms. The van der Waals surface area contributed by atoms with Crippen LogP contribution in [0.1, 0.15) is 40.5 Å². The normalized spacial score (nSPS) is 21.1. The maximum absolute atomic E-state index is 12.2. The van der Waals surface area contributed by atoms with Gasteiger partial charge in [0.1, 0.15) is 0 Å². The predicted molar refractivity (Wildman–Crippen MR) is 80.2 cm³/mol. The van der Waals surface area contributed by atoms with Crippen molar-refractivity contribution in [1.29, 1.82) is 0 Å². The Morgan fingerprint density at radius 1 is 1.32 bits per heavy atom. The van der Waals surface area contributed by atoms with E-state index >= 15 is 0 Å². The minimum atomic E-state index is -0.0728. The van der Waals surface area contributed by atoms with Gasteiger partial charge in [0, 0.05) is 19.6 Å². The number of likely N-dealkylation sites (tertiary alicyclic amines) is 1. The molecule has 1 amide bonds. The van der Waals surface area contributed by atoms with Crippen LogP contribution in [0, 0.1) is 5.41 Å². The maximum atomic E-state index is 12.2. The van der Waals surface area contributed by atoms with Gasteiger partial charge in [0.2, 0.25) is 5.91 Å². The third-order valence-corrected chi connectivity index (χ3v) is 4.47. The summed E-state index contributed by atoms with van der Waals surface area (Å²) in [5.74, 6) is 0.224. The molecule has 4 heteroatoms. The quantitative estimate of drug-likeness (QED) is 0.795. The summed E-state index contributed by atoms with van der Waals surface area (Å²) in [7, 11) is 2.18. The minimum absolute atomic E-state index is 0.0728. The number of carbonyl (C=O) groups excluding carboxylic acids is 1. The lowest BCUT2D eigenvalue weighted by molar-refractivity contribution is -0.132. The van der Waals surface area contributed by atoms with E-state index in [0.717, 1.165) is 32.7 Å². The second-order valence-electron chi connectivity index (χ2n) is 6.23. The van der Waals surface area contributed by atoms with Crippen LogP contribution < -0.4 is 5.32 Å². The average Bonchev–Trinajstić information content (AvgIpc) is 2.41. The fourth-order valence-electron chi connectivity index (χ4n) is 2.63. The van der Waals surface area contributed by atoms with Gasteiger partial charge in [0.25, 0.3) is 0 Å².